The fraction of sp³-hybridized carbons (Fsp3) is 0.429. The fourth-order valence-electron chi connectivity index (χ4n) is 2.20. The molecule has 0 spiro atoms. The van der Waals surface area contributed by atoms with Gasteiger partial charge in [-0.1, -0.05) is 0 Å². The minimum atomic E-state index is -3.50. The van der Waals surface area contributed by atoms with Crippen molar-refractivity contribution < 1.29 is 22.7 Å². The summed E-state index contributed by atoms with van der Waals surface area (Å²) in [6, 6.07) is 5.55. The maximum absolute atomic E-state index is 12.4. The second kappa shape index (κ2) is 7.42. The zero-order valence-corrected chi connectivity index (χ0v) is 13.6. The van der Waals surface area contributed by atoms with Crippen molar-refractivity contribution in [1.29, 1.82) is 0 Å². The Morgan fingerprint density at radius 2 is 1.74 bits per heavy atom. The second-order valence-corrected chi connectivity index (χ2v) is 6.87. The van der Waals surface area contributed by atoms with Crippen LogP contribution in [0.5, 0.6) is 0 Å². The van der Waals surface area contributed by atoms with Crippen LogP contribution in [0.15, 0.2) is 29.2 Å². The van der Waals surface area contributed by atoms with Crippen molar-refractivity contribution in [2.45, 2.75) is 24.7 Å². The van der Waals surface area contributed by atoms with E-state index >= 15 is 0 Å². The highest BCUT2D eigenvalue weighted by molar-refractivity contribution is 7.89. The Labute approximate surface area is 134 Å². The number of carbonyl (C=O) groups is 2. The molecule has 23 heavy (non-hydrogen) atoms. The van der Waals surface area contributed by atoms with Crippen LogP contribution in [0.4, 0.5) is 4.79 Å². The molecule has 1 aromatic carbocycles. The summed E-state index contributed by atoms with van der Waals surface area (Å²) in [6.45, 7) is 2.87. The summed E-state index contributed by atoms with van der Waals surface area (Å²) in [6.07, 6.45) is 0.951. The van der Waals surface area contributed by atoms with E-state index in [9.17, 15) is 18.0 Å². The van der Waals surface area contributed by atoms with Gasteiger partial charge in [0.2, 0.25) is 10.0 Å². The number of ether oxygens (including phenoxy) is 1. The Morgan fingerprint density at radius 1 is 1.13 bits per heavy atom. The van der Waals surface area contributed by atoms with Gasteiger partial charge in [-0.3, -0.25) is 10.2 Å². The summed E-state index contributed by atoms with van der Waals surface area (Å²) in [5, 5.41) is 0. The van der Waals surface area contributed by atoms with Crippen molar-refractivity contribution in [1.82, 2.24) is 15.2 Å². The predicted octanol–water partition coefficient (Wildman–Crippen LogP) is 0.862. The first-order valence-electron chi connectivity index (χ1n) is 7.28. The fourth-order valence-corrected chi connectivity index (χ4v) is 3.72. The lowest BCUT2D eigenvalue weighted by molar-refractivity contribution is 0.0912. The number of hydrazine groups is 1. The highest BCUT2D eigenvalue weighted by atomic mass is 32.2. The molecule has 0 atom stereocenters. The predicted molar refractivity (Wildman–Crippen MR) is 82.1 cm³/mol. The highest BCUT2D eigenvalue weighted by Gasteiger charge is 2.27. The van der Waals surface area contributed by atoms with Crippen LogP contribution >= 0.6 is 0 Å². The molecular weight excluding hydrogens is 322 g/mol. The van der Waals surface area contributed by atoms with Gasteiger partial charge >= 0.3 is 6.09 Å². The molecule has 0 unspecified atom stereocenters. The lowest BCUT2D eigenvalue weighted by Crippen LogP contribution is -2.41. The molecule has 1 fully saturated rings. The van der Waals surface area contributed by atoms with Crippen molar-refractivity contribution in [2.24, 2.45) is 0 Å². The Hall–Kier alpha value is -2.13. The number of sulfonamides is 1. The van der Waals surface area contributed by atoms with Crippen LogP contribution in [0, 0.1) is 0 Å². The van der Waals surface area contributed by atoms with Gasteiger partial charge in [0.05, 0.1) is 11.5 Å². The van der Waals surface area contributed by atoms with E-state index in [-0.39, 0.29) is 17.1 Å². The molecule has 1 aliphatic heterocycles. The van der Waals surface area contributed by atoms with E-state index in [0.29, 0.717) is 13.1 Å². The SMILES string of the molecule is CCOC(=O)NNC(=O)c1ccc(S(=O)(=O)N2CCCC2)cc1. The van der Waals surface area contributed by atoms with Gasteiger partial charge in [0.1, 0.15) is 0 Å². The lowest BCUT2D eigenvalue weighted by Gasteiger charge is -2.15. The highest BCUT2D eigenvalue weighted by Crippen LogP contribution is 2.20. The normalized spacial score (nSPS) is 15.2. The first-order valence-corrected chi connectivity index (χ1v) is 8.72. The molecule has 2 N–H and O–H groups in total. The summed E-state index contributed by atoms with van der Waals surface area (Å²) in [7, 11) is -3.50. The van der Waals surface area contributed by atoms with E-state index < -0.39 is 22.0 Å². The molecule has 126 valence electrons. The quantitative estimate of drug-likeness (QED) is 0.791. The molecule has 1 aliphatic rings. The van der Waals surface area contributed by atoms with Crippen LogP contribution in [0.2, 0.25) is 0 Å². The van der Waals surface area contributed by atoms with E-state index in [1.54, 1.807) is 6.92 Å². The van der Waals surface area contributed by atoms with Crippen LogP contribution in [-0.2, 0) is 14.8 Å². The van der Waals surface area contributed by atoms with Gasteiger partial charge in [0.25, 0.3) is 5.91 Å². The number of nitrogens with zero attached hydrogens (tertiary/aromatic N) is 1. The van der Waals surface area contributed by atoms with Crippen LogP contribution in [0.1, 0.15) is 30.1 Å². The topological polar surface area (TPSA) is 105 Å². The Bertz CT molecular complexity index is 666. The minimum Gasteiger partial charge on any atom is -0.449 e. The van der Waals surface area contributed by atoms with E-state index in [1.807, 2.05) is 0 Å². The zero-order chi connectivity index (χ0) is 16.9. The lowest BCUT2D eigenvalue weighted by atomic mass is 10.2. The van der Waals surface area contributed by atoms with Gasteiger partial charge in [-0.25, -0.2) is 18.6 Å². The molecule has 0 saturated carbocycles. The number of nitrogens with one attached hydrogen (secondary N) is 2. The summed E-state index contributed by atoms with van der Waals surface area (Å²) in [4.78, 5) is 23.1. The van der Waals surface area contributed by atoms with Crippen molar-refractivity contribution in [3.05, 3.63) is 29.8 Å². The third-order valence-corrected chi connectivity index (χ3v) is 5.29. The summed E-state index contributed by atoms with van der Waals surface area (Å²) < 4.78 is 30.7. The number of hydrogen-bond acceptors (Lipinski definition) is 5. The van der Waals surface area contributed by atoms with Gasteiger partial charge in [-0.05, 0) is 44.0 Å². The Balaban J connectivity index is 2.01. The Morgan fingerprint density at radius 3 is 2.30 bits per heavy atom. The van der Waals surface area contributed by atoms with Gasteiger partial charge in [0.15, 0.2) is 0 Å². The van der Waals surface area contributed by atoms with Gasteiger partial charge in [-0.15, -0.1) is 0 Å². The van der Waals surface area contributed by atoms with Gasteiger partial charge in [0, 0.05) is 18.7 Å². The molecule has 0 aliphatic carbocycles. The average molecular weight is 341 g/mol. The smallest absolute Gasteiger partial charge is 0.426 e. The molecule has 8 nitrogen and oxygen atoms in total. The third kappa shape index (κ3) is 4.20. The van der Waals surface area contributed by atoms with Crippen molar-refractivity contribution >= 4 is 22.0 Å². The van der Waals surface area contributed by atoms with E-state index in [2.05, 4.69) is 15.6 Å². The van der Waals surface area contributed by atoms with Gasteiger partial charge < -0.3 is 4.74 Å². The molecule has 0 bridgehead atoms. The molecule has 1 aromatic rings. The molecule has 1 saturated heterocycles. The average Bonchev–Trinajstić information content (AvgIpc) is 3.08. The summed E-state index contributed by atoms with van der Waals surface area (Å²) in [5.74, 6) is -0.567. The van der Waals surface area contributed by atoms with Gasteiger partial charge in [-0.2, -0.15) is 4.31 Å². The molecule has 2 rings (SSSR count). The number of carbonyl (C=O) groups excluding carboxylic acids is 2. The first kappa shape index (κ1) is 17.2. The molecular formula is C14H19N3O5S. The molecule has 0 radical (unpaired) electrons. The van der Waals surface area contributed by atoms with Crippen LogP contribution in [0.25, 0.3) is 0 Å². The minimum absolute atomic E-state index is 0.148. The Kier molecular flexibility index (Phi) is 5.56. The number of rotatable bonds is 4. The number of hydrogen-bond donors (Lipinski definition) is 2. The number of benzene rings is 1. The second-order valence-electron chi connectivity index (χ2n) is 4.94. The summed E-state index contributed by atoms with van der Waals surface area (Å²) >= 11 is 0. The van der Waals surface area contributed by atoms with Crippen molar-refractivity contribution in [3.8, 4) is 0 Å². The maximum atomic E-state index is 12.4. The standard InChI is InChI=1S/C14H19N3O5S/c1-2-22-14(19)16-15-13(18)11-5-7-12(8-6-11)23(20,21)17-9-3-4-10-17/h5-8H,2-4,9-10H2,1H3,(H,15,18)(H,16,19). The van der Waals surface area contributed by atoms with E-state index in [4.69, 9.17) is 0 Å². The van der Waals surface area contributed by atoms with Crippen molar-refractivity contribution in [2.75, 3.05) is 19.7 Å². The summed E-state index contributed by atoms with van der Waals surface area (Å²) in [5.41, 5.74) is 4.48. The number of amides is 2. The molecule has 2 amide bonds. The van der Waals surface area contributed by atoms with Crippen molar-refractivity contribution in [3.63, 3.8) is 0 Å². The third-order valence-electron chi connectivity index (χ3n) is 3.37. The molecule has 1 heterocycles. The molecule has 9 heteroatoms. The van der Waals surface area contributed by atoms with Crippen LogP contribution < -0.4 is 10.9 Å². The van der Waals surface area contributed by atoms with Crippen LogP contribution in [0.3, 0.4) is 0 Å². The van der Waals surface area contributed by atoms with E-state index in [0.717, 1.165) is 12.8 Å². The van der Waals surface area contributed by atoms with E-state index in [1.165, 1.54) is 28.6 Å². The largest absolute Gasteiger partial charge is 0.449 e. The zero-order valence-electron chi connectivity index (χ0n) is 12.7. The maximum Gasteiger partial charge on any atom is 0.426 e. The van der Waals surface area contributed by atoms with Crippen LogP contribution in [-0.4, -0.2) is 44.4 Å². The first-order chi connectivity index (χ1) is 10.9. The monoisotopic (exact) mass is 341 g/mol. The molecule has 0 aromatic heterocycles.